The second-order valence-electron chi connectivity index (χ2n) is 8.94. The van der Waals surface area contributed by atoms with Gasteiger partial charge in [0.05, 0.1) is 5.69 Å². The second kappa shape index (κ2) is 13.0. The van der Waals surface area contributed by atoms with Gasteiger partial charge in [0.25, 0.3) is 5.91 Å². The lowest BCUT2D eigenvalue weighted by Crippen LogP contribution is -2.45. The fraction of sp³-hybridized carbons (Fsp3) is 0.448. The van der Waals surface area contributed by atoms with Crippen molar-refractivity contribution in [3.63, 3.8) is 0 Å². The maximum absolute atomic E-state index is 13.6. The van der Waals surface area contributed by atoms with Crippen LogP contribution in [0.2, 0.25) is 0 Å². The van der Waals surface area contributed by atoms with Crippen LogP contribution in [-0.2, 0) is 4.79 Å². The molecule has 1 aliphatic rings. The number of hydrogen-bond donors (Lipinski definition) is 0. The predicted molar refractivity (Wildman–Crippen MR) is 140 cm³/mol. The van der Waals surface area contributed by atoms with Crippen molar-refractivity contribution in [1.82, 2.24) is 4.90 Å². The zero-order chi connectivity index (χ0) is 23.5. The molecule has 1 aliphatic heterocycles. The summed E-state index contributed by atoms with van der Waals surface area (Å²) in [4.78, 5) is 22.7. The lowest BCUT2D eigenvalue weighted by molar-refractivity contribution is -0.113. The number of anilines is 1. The van der Waals surface area contributed by atoms with Crippen LogP contribution in [0.3, 0.4) is 0 Å². The van der Waals surface area contributed by atoms with Crippen LogP contribution in [0.5, 0.6) is 0 Å². The van der Waals surface area contributed by atoms with Crippen LogP contribution in [0, 0.1) is 6.92 Å². The Morgan fingerprint density at radius 3 is 2.00 bits per heavy atom. The average Bonchev–Trinajstić information content (AvgIpc) is 3.15. The normalized spacial score (nSPS) is 14.8. The van der Waals surface area contributed by atoms with Crippen molar-refractivity contribution < 1.29 is 4.79 Å². The van der Waals surface area contributed by atoms with E-state index in [1.165, 1.54) is 44.1 Å². The number of aryl methyl sites for hydroxylation is 1. The number of aliphatic imine (C=N–C) groups is 1. The molecule has 0 aliphatic carbocycles. The van der Waals surface area contributed by atoms with Crippen LogP contribution < -0.4 is 4.90 Å². The van der Waals surface area contributed by atoms with E-state index in [9.17, 15) is 4.79 Å². The first-order valence-electron chi connectivity index (χ1n) is 12.7. The molecule has 33 heavy (non-hydrogen) atoms. The molecule has 4 nitrogen and oxygen atoms in total. The topological polar surface area (TPSA) is 35.9 Å². The smallest absolute Gasteiger partial charge is 0.283 e. The lowest BCUT2D eigenvalue weighted by atomic mass is 10.1. The third-order valence-electron chi connectivity index (χ3n) is 6.08. The third-order valence-corrected chi connectivity index (χ3v) is 6.08. The Balaban J connectivity index is 1.93. The molecule has 1 heterocycles. The Kier molecular flexibility index (Phi) is 9.74. The molecule has 0 atom stereocenters. The van der Waals surface area contributed by atoms with Gasteiger partial charge in [-0.25, -0.2) is 9.89 Å². The maximum atomic E-state index is 13.6. The summed E-state index contributed by atoms with van der Waals surface area (Å²) in [7, 11) is 0. The number of carbonyl (C=O) groups excluding carboxylic acids is 1. The van der Waals surface area contributed by atoms with E-state index in [1.54, 1.807) is 0 Å². The minimum Gasteiger partial charge on any atom is -0.342 e. The SMILES string of the molecule is CCCCCCN(CCCCCC)C1=N/C(=C/c2ccccc2)C(=O)N1c1ccc(C)cc1. The highest BCUT2D eigenvalue weighted by Gasteiger charge is 2.34. The van der Waals surface area contributed by atoms with Gasteiger partial charge in [-0.15, -0.1) is 0 Å². The van der Waals surface area contributed by atoms with Crippen LogP contribution in [0.1, 0.15) is 76.3 Å². The van der Waals surface area contributed by atoms with Crippen molar-refractivity contribution in [1.29, 1.82) is 0 Å². The summed E-state index contributed by atoms with van der Waals surface area (Å²) in [5.74, 6) is 0.726. The summed E-state index contributed by atoms with van der Waals surface area (Å²) < 4.78 is 0. The number of guanidine groups is 1. The fourth-order valence-electron chi connectivity index (χ4n) is 4.12. The van der Waals surface area contributed by atoms with Crippen LogP contribution in [0.25, 0.3) is 6.08 Å². The van der Waals surface area contributed by atoms with E-state index in [1.807, 2.05) is 53.4 Å². The number of amides is 1. The largest absolute Gasteiger partial charge is 0.342 e. The summed E-state index contributed by atoms with van der Waals surface area (Å²) >= 11 is 0. The van der Waals surface area contributed by atoms with Crippen LogP contribution in [0.15, 0.2) is 65.3 Å². The number of unbranched alkanes of at least 4 members (excludes halogenated alkanes) is 6. The van der Waals surface area contributed by atoms with Gasteiger partial charge in [-0.05, 0) is 43.5 Å². The quantitative estimate of drug-likeness (QED) is 0.256. The average molecular weight is 446 g/mol. The van der Waals surface area contributed by atoms with E-state index in [0.717, 1.165) is 43.1 Å². The highest BCUT2D eigenvalue weighted by atomic mass is 16.2. The molecule has 0 unspecified atom stereocenters. The molecule has 0 fully saturated rings. The monoisotopic (exact) mass is 445 g/mol. The van der Waals surface area contributed by atoms with Gasteiger partial charge in [0.15, 0.2) is 0 Å². The first-order valence-corrected chi connectivity index (χ1v) is 12.7. The molecule has 0 saturated carbocycles. The van der Waals surface area contributed by atoms with E-state index in [2.05, 4.69) is 37.8 Å². The van der Waals surface area contributed by atoms with Crippen molar-refractivity contribution in [2.45, 2.75) is 72.1 Å². The third kappa shape index (κ3) is 7.05. The highest BCUT2D eigenvalue weighted by molar-refractivity contribution is 6.28. The molecule has 4 heteroatoms. The molecule has 2 aromatic rings. The zero-order valence-corrected chi connectivity index (χ0v) is 20.6. The fourth-order valence-corrected chi connectivity index (χ4v) is 4.12. The number of hydrogen-bond acceptors (Lipinski definition) is 3. The van der Waals surface area contributed by atoms with Gasteiger partial charge in [-0.3, -0.25) is 4.79 Å². The van der Waals surface area contributed by atoms with E-state index in [4.69, 9.17) is 4.99 Å². The Morgan fingerprint density at radius 2 is 1.42 bits per heavy atom. The Hall–Kier alpha value is -2.88. The van der Waals surface area contributed by atoms with Crippen LogP contribution >= 0.6 is 0 Å². The van der Waals surface area contributed by atoms with Crippen molar-refractivity contribution in [2.75, 3.05) is 18.0 Å². The zero-order valence-electron chi connectivity index (χ0n) is 20.6. The molecule has 0 saturated heterocycles. The van der Waals surface area contributed by atoms with Gasteiger partial charge in [-0.1, -0.05) is 100 Å². The van der Waals surface area contributed by atoms with E-state index in [0.29, 0.717) is 5.70 Å². The van der Waals surface area contributed by atoms with Gasteiger partial charge in [0, 0.05) is 13.1 Å². The first kappa shape index (κ1) is 24.8. The van der Waals surface area contributed by atoms with Crippen molar-refractivity contribution in [3.05, 3.63) is 71.4 Å². The molecule has 1 amide bonds. The summed E-state index contributed by atoms with van der Waals surface area (Å²) in [6.45, 7) is 8.40. The van der Waals surface area contributed by atoms with Gasteiger partial charge < -0.3 is 4.90 Å². The van der Waals surface area contributed by atoms with Gasteiger partial charge in [-0.2, -0.15) is 0 Å². The molecule has 0 spiro atoms. The number of benzene rings is 2. The molecular formula is C29H39N3O. The summed E-state index contributed by atoms with van der Waals surface area (Å²) in [6, 6.07) is 18.2. The molecule has 3 rings (SSSR count). The minimum atomic E-state index is -0.0511. The van der Waals surface area contributed by atoms with E-state index in [-0.39, 0.29) is 5.91 Å². The molecule has 0 N–H and O–H groups in total. The summed E-state index contributed by atoms with van der Waals surface area (Å²) in [6.07, 6.45) is 11.5. The van der Waals surface area contributed by atoms with Crippen molar-refractivity contribution in [3.8, 4) is 0 Å². The Morgan fingerprint density at radius 1 is 0.818 bits per heavy atom. The molecule has 0 aromatic heterocycles. The maximum Gasteiger partial charge on any atom is 0.283 e. The molecule has 2 aromatic carbocycles. The van der Waals surface area contributed by atoms with Crippen LogP contribution in [-0.4, -0.2) is 29.9 Å². The molecular weight excluding hydrogens is 406 g/mol. The van der Waals surface area contributed by atoms with Crippen LogP contribution in [0.4, 0.5) is 5.69 Å². The Labute approximate surface area is 200 Å². The molecule has 0 bridgehead atoms. The lowest BCUT2D eigenvalue weighted by Gasteiger charge is -2.30. The second-order valence-corrected chi connectivity index (χ2v) is 8.94. The number of carbonyl (C=O) groups is 1. The van der Waals surface area contributed by atoms with E-state index >= 15 is 0 Å². The first-order chi connectivity index (χ1) is 16.1. The molecule has 0 radical (unpaired) electrons. The predicted octanol–water partition coefficient (Wildman–Crippen LogP) is 7.20. The summed E-state index contributed by atoms with van der Waals surface area (Å²) in [5.41, 5.74) is 3.56. The summed E-state index contributed by atoms with van der Waals surface area (Å²) in [5, 5.41) is 0. The van der Waals surface area contributed by atoms with Gasteiger partial charge >= 0.3 is 0 Å². The van der Waals surface area contributed by atoms with Crippen molar-refractivity contribution >= 4 is 23.6 Å². The minimum absolute atomic E-state index is 0.0511. The van der Waals surface area contributed by atoms with Gasteiger partial charge in [0.2, 0.25) is 5.96 Å². The molecule has 176 valence electrons. The van der Waals surface area contributed by atoms with E-state index < -0.39 is 0 Å². The Bertz CT molecular complexity index is 919. The number of rotatable bonds is 12. The highest BCUT2D eigenvalue weighted by Crippen LogP contribution is 2.27. The van der Waals surface area contributed by atoms with Crippen molar-refractivity contribution in [2.24, 2.45) is 4.99 Å². The standard InChI is InChI=1S/C29H39N3O/c1-4-6-8-13-21-31(22-14-9-7-5-2)29-30-27(23-25-15-11-10-12-16-25)28(33)32(29)26-19-17-24(3)18-20-26/h10-12,15-20,23H,4-9,13-14,21-22H2,1-3H3/b27-23+. The van der Waals surface area contributed by atoms with Gasteiger partial charge in [0.1, 0.15) is 5.70 Å². The number of nitrogens with zero attached hydrogens (tertiary/aromatic N) is 3.